The summed E-state index contributed by atoms with van der Waals surface area (Å²) in [6, 6.07) is 4.93. The van der Waals surface area contributed by atoms with Gasteiger partial charge < -0.3 is 4.42 Å². The van der Waals surface area contributed by atoms with Gasteiger partial charge in [0.15, 0.2) is 10.4 Å². The van der Waals surface area contributed by atoms with Crippen molar-refractivity contribution in [2.24, 2.45) is 0 Å². The fourth-order valence-electron chi connectivity index (χ4n) is 0.931. The third kappa shape index (κ3) is 1.55. The van der Waals surface area contributed by atoms with E-state index in [1.165, 1.54) is 10.9 Å². The van der Waals surface area contributed by atoms with Crippen molar-refractivity contribution < 1.29 is 9.21 Å². The molecule has 0 radical (unpaired) electrons. The summed E-state index contributed by atoms with van der Waals surface area (Å²) in [7, 11) is 0. The molecule has 0 amide bonds. The molecule has 13 heavy (non-hydrogen) atoms. The molecule has 0 unspecified atom stereocenters. The summed E-state index contributed by atoms with van der Waals surface area (Å²) in [6.07, 6.45) is 3.11. The average Bonchev–Trinajstić information content (AvgIpc) is 2.72. The molecule has 66 valence electrons. The number of hydrogen-bond donors (Lipinski definition) is 0. The van der Waals surface area contributed by atoms with Crippen molar-refractivity contribution in [2.45, 2.75) is 0 Å². The molecule has 0 N–H and O–H groups in total. The third-order valence-corrected chi connectivity index (χ3v) is 1.92. The van der Waals surface area contributed by atoms with E-state index in [1.54, 1.807) is 24.4 Å². The Hall–Kier alpha value is -1.36. The smallest absolute Gasteiger partial charge is 0.313 e. The quantitative estimate of drug-likeness (QED) is 0.766. The van der Waals surface area contributed by atoms with Crippen LogP contribution in [0.5, 0.6) is 0 Å². The first-order valence-corrected chi connectivity index (χ1v) is 4.36. The molecule has 0 atom stereocenters. The van der Waals surface area contributed by atoms with Gasteiger partial charge in [0.1, 0.15) is 0 Å². The summed E-state index contributed by atoms with van der Waals surface area (Å²) in [5.41, 5.74) is 0. The summed E-state index contributed by atoms with van der Waals surface area (Å²) < 4.78 is 6.82. The molecule has 5 heteroatoms. The second-order valence-electron chi connectivity index (χ2n) is 2.36. The Morgan fingerprint density at radius 2 is 2.38 bits per heavy atom. The van der Waals surface area contributed by atoms with Crippen LogP contribution < -0.4 is 0 Å². The van der Waals surface area contributed by atoms with Crippen LogP contribution in [0, 0.1) is 0 Å². The molecular formula is C8H5BrN2O2. The molecular weight excluding hydrogens is 236 g/mol. The van der Waals surface area contributed by atoms with Gasteiger partial charge >= 0.3 is 5.91 Å². The topological polar surface area (TPSA) is 48.0 Å². The maximum Gasteiger partial charge on any atom is 0.313 e. The lowest BCUT2D eigenvalue weighted by molar-refractivity contribution is 0.0916. The summed E-state index contributed by atoms with van der Waals surface area (Å²) in [5, 5.41) is 3.79. The molecule has 0 saturated carbocycles. The van der Waals surface area contributed by atoms with Gasteiger partial charge in [-0.1, -0.05) is 0 Å². The van der Waals surface area contributed by atoms with E-state index in [2.05, 4.69) is 21.0 Å². The minimum absolute atomic E-state index is 0.260. The monoisotopic (exact) mass is 240 g/mol. The molecule has 0 aliphatic heterocycles. The minimum Gasteiger partial charge on any atom is -0.444 e. The fraction of sp³-hybridized carbons (Fsp3) is 0. The summed E-state index contributed by atoms with van der Waals surface area (Å²) in [5.74, 6) is -0.0220. The largest absolute Gasteiger partial charge is 0.444 e. The zero-order chi connectivity index (χ0) is 9.26. The first kappa shape index (κ1) is 8.25. The van der Waals surface area contributed by atoms with Crippen LogP contribution in [0.3, 0.4) is 0 Å². The number of aromatic nitrogens is 2. The minimum atomic E-state index is -0.282. The molecule has 0 aliphatic carbocycles. The van der Waals surface area contributed by atoms with Gasteiger partial charge in [-0.3, -0.25) is 4.79 Å². The average molecular weight is 241 g/mol. The van der Waals surface area contributed by atoms with Gasteiger partial charge in [0.25, 0.3) is 0 Å². The predicted molar refractivity (Wildman–Crippen MR) is 48.4 cm³/mol. The van der Waals surface area contributed by atoms with E-state index in [0.717, 1.165) is 0 Å². The van der Waals surface area contributed by atoms with Gasteiger partial charge in [0, 0.05) is 12.4 Å². The van der Waals surface area contributed by atoms with E-state index >= 15 is 0 Å². The van der Waals surface area contributed by atoms with E-state index in [4.69, 9.17) is 4.42 Å². The lowest BCUT2D eigenvalue weighted by Crippen LogP contribution is -2.10. The van der Waals surface area contributed by atoms with Crippen LogP contribution in [0.1, 0.15) is 10.6 Å². The number of nitrogens with zero attached hydrogens (tertiary/aromatic N) is 2. The summed E-state index contributed by atoms with van der Waals surface area (Å²) in [4.78, 5) is 11.5. The highest BCUT2D eigenvalue weighted by Gasteiger charge is 2.12. The number of hydrogen-bond acceptors (Lipinski definition) is 3. The van der Waals surface area contributed by atoms with Crippen molar-refractivity contribution in [1.82, 2.24) is 9.78 Å². The second kappa shape index (κ2) is 3.18. The normalized spacial score (nSPS) is 10.2. The van der Waals surface area contributed by atoms with Crippen LogP contribution in [0.15, 0.2) is 39.7 Å². The SMILES string of the molecule is O=C(c1ccc(Br)o1)n1cccn1. The molecule has 0 aromatic carbocycles. The van der Waals surface area contributed by atoms with Crippen LogP contribution in [0.2, 0.25) is 0 Å². The van der Waals surface area contributed by atoms with Crippen molar-refractivity contribution in [1.29, 1.82) is 0 Å². The lowest BCUT2D eigenvalue weighted by Gasteiger charge is -1.94. The van der Waals surface area contributed by atoms with Gasteiger partial charge in [0.05, 0.1) is 0 Å². The number of rotatable bonds is 1. The first-order valence-electron chi connectivity index (χ1n) is 3.57. The third-order valence-electron chi connectivity index (χ3n) is 1.50. The standard InChI is InChI=1S/C8H5BrN2O2/c9-7-3-2-6(13-7)8(12)11-5-1-4-10-11/h1-5H. The van der Waals surface area contributed by atoms with Crippen LogP contribution in [-0.2, 0) is 0 Å². The molecule has 0 fully saturated rings. The molecule has 2 heterocycles. The predicted octanol–water partition coefficient (Wildman–Crippen LogP) is 1.93. The van der Waals surface area contributed by atoms with Crippen LogP contribution in [0.4, 0.5) is 0 Å². The van der Waals surface area contributed by atoms with E-state index in [9.17, 15) is 4.79 Å². The van der Waals surface area contributed by atoms with Gasteiger partial charge in [-0.25, -0.2) is 4.68 Å². The van der Waals surface area contributed by atoms with Crippen LogP contribution in [0.25, 0.3) is 0 Å². The van der Waals surface area contributed by atoms with Gasteiger partial charge in [-0.05, 0) is 34.1 Å². The van der Waals surface area contributed by atoms with Crippen molar-refractivity contribution in [3.05, 3.63) is 41.0 Å². The van der Waals surface area contributed by atoms with Crippen LogP contribution >= 0.6 is 15.9 Å². The summed E-state index contributed by atoms with van der Waals surface area (Å²) >= 11 is 3.12. The molecule has 2 aromatic heterocycles. The highest BCUT2D eigenvalue weighted by Crippen LogP contribution is 2.14. The zero-order valence-corrected chi connectivity index (χ0v) is 8.06. The maximum absolute atomic E-state index is 11.5. The zero-order valence-electron chi connectivity index (χ0n) is 6.48. The van der Waals surface area contributed by atoms with Crippen molar-refractivity contribution in [2.75, 3.05) is 0 Å². The fourth-order valence-corrected chi connectivity index (χ4v) is 1.24. The van der Waals surface area contributed by atoms with Gasteiger partial charge in [-0.15, -0.1) is 0 Å². The first-order chi connectivity index (χ1) is 6.27. The van der Waals surface area contributed by atoms with E-state index in [1.807, 2.05) is 0 Å². The molecule has 0 aliphatic rings. The Labute approximate surface area is 82.3 Å². The van der Waals surface area contributed by atoms with Crippen molar-refractivity contribution >= 4 is 21.8 Å². The Kier molecular flexibility index (Phi) is 2.02. The van der Waals surface area contributed by atoms with Crippen LogP contribution in [-0.4, -0.2) is 15.7 Å². The Morgan fingerprint density at radius 1 is 1.54 bits per heavy atom. The Balaban J connectivity index is 2.33. The van der Waals surface area contributed by atoms with Gasteiger partial charge in [0.2, 0.25) is 0 Å². The van der Waals surface area contributed by atoms with Crippen molar-refractivity contribution in [3.63, 3.8) is 0 Å². The second-order valence-corrected chi connectivity index (χ2v) is 3.14. The van der Waals surface area contributed by atoms with E-state index in [0.29, 0.717) is 4.67 Å². The molecule has 4 nitrogen and oxygen atoms in total. The molecule has 0 saturated heterocycles. The number of carbonyl (C=O) groups excluding carboxylic acids is 1. The van der Waals surface area contributed by atoms with E-state index < -0.39 is 0 Å². The molecule has 2 rings (SSSR count). The van der Waals surface area contributed by atoms with Gasteiger partial charge in [-0.2, -0.15) is 5.10 Å². The highest BCUT2D eigenvalue weighted by molar-refractivity contribution is 9.10. The molecule has 0 spiro atoms. The Bertz CT molecular complexity index is 419. The molecule has 0 bridgehead atoms. The van der Waals surface area contributed by atoms with E-state index in [-0.39, 0.29) is 11.7 Å². The Morgan fingerprint density at radius 3 is 2.92 bits per heavy atom. The summed E-state index contributed by atoms with van der Waals surface area (Å²) in [6.45, 7) is 0. The maximum atomic E-state index is 11.5. The molecule has 2 aromatic rings. The lowest BCUT2D eigenvalue weighted by atomic mass is 10.4. The number of halogens is 1. The number of carbonyl (C=O) groups is 1. The van der Waals surface area contributed by atoms with Crippen molar-refractivity contribution in [3.8, 4) is 0 Å². The highest BCUT2D eigenvalue weighted by atomic mass is 79.9. The number of furan rings is 1.